The van der Waals surface area contributed by atoms with E-state index in [0.717, 1.165) is 46.0 Å². The van der Waals surface area contributed by atoms with E-state index in [1.807, 2.05) is 194 Å². The zero-order valence-electron chi connectivity index (χ0n) is 25.9. The molecule has 0 heterocycles. The lowest BCUT2D eigenvalue weighted by Crippen LogP contribution is -2.42. The summed E-state index contributed by atoms with van der Waals surface area (Å²) in [6, 6.07) is 58.3. The molecule has 6 aromatic rings. The highest BCUT2D eigenvalue weighted by molar-refractivity contribution is 5.87. The first-order chi connectivity index (χ1) is 23.2. The van der Waals surface area contributed by atoms with Crippen molar-refractivity contribution in [1.29, 1.82) is 0 Å². The van der Waals surface area contributed by atoms with E-state index >= 15 is 0 Å². The summed E-state index contributed by atoms with van der Waals surface area (Å²) in [5, 5.41) is 0. The van der Waals surface area contributed by atoms with Crippen molar-refractivity contribution in [3.8, 4) is 0 Å². The number of hydrogen-bond acceptors (Lipinski definition) is 3. The standard InChI is InChI=1S/C44H34O3/c45-33-43(39-27-15-5-16-28-39,31-41(35-19-7-1-8-20-35)36-21-9-2-10-22-36)47-44(34-46,40-29-17-6-18-30-40)32-42(37-23-11-3-12-24-37)38-25-13-4-14-26-38/h1-34H. The molecule has 0 N–H and O–H groups in total. The monoisotopic (exact) mass is 610 g/mol. The number of ether oxygens (including phenoxy) is 1. The Balaban J connectivity index is 1.66. The lowest BCUT2D eigenvalue weighted by Gasteiger charge is -2.37. The van der Waals surface area contributed by atoms with E-state index in [4.69, 9.17) is 4.74 Å². The van der Waals surface area contributed by atoms with Gasteiger partial charge in [0.25, 0.3) is 0 Å². The number of hydrogen-bond donors (Lipinski definition) is 0. The molecule has 47 heavy (non-hydrogen) atoms. The van der Waals surface area contributed by atoms with E-state index in [-0.39, 0.29) is 0 Å². The van der Waals surface area contributed by atoms with Crippen molar-refractivity contribution in [3.63, 3.8) is 0 Å². The second-order valence-electron chi connectivity index (χ2n) is 11.2. The SMILES string of the molecule is O=CC(C=C(c1ccccc1)c1ccccc1)(OC(C=O)(C=C(c1ccccc1)c1ccccc1)c1ccccc1)c1ccccc1. The molecule has 3 nitrogen and oxygen atoms in total. The number of benzene rings is 6. The van der Waals surface area contributed by atoms with Gasteiger partial charge in [0.05, 0.1) is 0 Å². The summed E-state index contributed by atoms with van der Waals surface area (Å²) in [5.41, 5.74) is 3.04. The smallest absolute Gasteiger partial charge is 0.169 e. The first-order valence-electron chi connectivity index (χ1n) is 15.6. The molecule has 0 aliphatic carbocycles. The van der Waals surface area contributed by atoms with Gasteiger partial charge in [-0.25, -0.2) is 0 Å². The molecule has 0 aliphatic heterocycles. The van der Waals surface area contributed by atoms with E-state index in [1.54, 1.807) is 0 Å². The highest BCUT2D eigenvalue weighted by Crippen LogP contribution is 2.42. The normalized spacial score (nSPS) is 13.3. The van der Waals surface area contributed by atoms with E-state index in [2.05, 4.69) is 0 Å². The summed E-state index contributed by atoms with van der Waals surface area (Å²) in [6.45, 7) is 0. The fourth-order valence-electron chi connectivity index (χ4n) is 5.84. The van der Waals surface area contributed by atoms with Gasteiger partial charge in [-0.15, -0.1) is 0 Å². The maximum absolute atomic E-state index is 13.8. The van der Waals surface area contributed by atoms with Crippen molar-refractivity contribution in [2.45, 2.75) is 11.2 Å². The second-order valence-corrected chi connectivity index (χ2v) is 11.2. The molecule has 0 bridgehead atoms. The summed E-state index contributed by atoms with van der Waals surface area (Å²) in [5.74, 6) is 0. The van der Waals surface area contributed by atoms with Crippen molar-refractivity contribution in [1.82, 2.24) is 0 Å². The topological polar surface area (TPSA) is 43.4 Å². The zero-order chi connectivity index (χ0) is 32.4. The van der Waals surface area contributed by atoms with Crippen LogP contribution in [0.15, 0.2) is 194 Å². The summed E-state index contributed by atoms with van der Waals surface area (Å²) >= 11 is 0. The molecular formula is C44H34O3. The molecule has 0 saturated heterocycles. The fraction of sp³-hybridized carbons (Fsp3) is 0.0455. The van der Waals surface area contributed by atoms with Crippen molar-refractivity contribution >= 4 is 23.7 Å². The number of aldehydes is 2. The second kappa shape index (κ2) is 14.5. The van der Waals surface area contributed by atoms with E-state index in [9.17, 15) is 9.59 Å². The van der Waals surface area contributed by atoms with Crippen LogP contribution in [-0.4, -0.2) is 12.6 Å². The Morgan fingerprint density at radius 3 is 0.830 bits per heavy atom. The lowest BCUT2D eigenvalue weighted by molar-refractivity contribution is -0.153. The highest BCUT2D eigenvalue weighted by Gasteiger charge is 2.43. The Bertz CT molecular complexity index is 1720. The molecule has 0 fully saturated rings. The number of carbonyl (C=O) groups is 2. The molecule has 0 saturated carbocycles. The van der Waals surface area contributed by atoms with Crippen LogP contribution in [0.25, 0.3) is 11.1 Å². The minimum Gasteiger partial charge on any atom is -0.336 e. The molecule has 6 aromatic carbocycles. The minimum absolute atomic E-state index is 0.593. The maximum atomic E-state index is 13.8. The van der Waals surface area contributed by atoms with Crippen LogP contribution in [0.3, 0.4) is 0 Å². The van der Waals surface area contributed by atoms with Crippen LogP contribution in [0, 0.1) is 0 Å². The van der Waals surface area contributed by atoms with Gasteiger partial charge in [0.15, 0.2) is 23.8 Å². The van der Waals surface area contributed by atoms with Gasteiger partial charge in [0.1, 0.15) is 0 Å². The molecule has 6 rings (SSSR count). The summed E-state index contributed by atoms with van der Waals surface area (Å²) in [7, 11) is 0. The summed E-state index contributed by atoms with van der Waals surface area (Å²) in [6.07, 6.45) is 5.29. The lowest BCUT2D eigenvalue weighted by atomic mass is 9.84. The van der Waals surface area contributed by atoms with Crippen LogP contribution in [0.4, 0.5) is 0 Å². The van der Waals surface area contributed by atoms with Crippen LogP contribution < -0.4 is 0 Å². The highest BCUT2D eigenvalue weighted by atomic mass is 16.5. The molecule has 2 unspecified atom stereocenters. The van der Waals surface area contributed by atoms with Gasteiger partial charge >= 0.3 is 0 Å². The molecule has 0 aliphatic rings. The zero-order valence-corrected chi connectivity index (χ0v) is 25.9. The molecule has 0 radical (unpaired) electrons. The fourth-order valence-corrected chi connectivity index (χ4v) is 5.84. The third kappa shape index (κ3) is 6.86. The van der Waals surface area contributed by atoms with Gasteiger partial charge in [-0.3, -0.25) is 9.59 Å². The van der Waals surface area contributed by atoms with Crippen LogP contribution in [0.1, 0.15) is 33.4 Å². The van der Waals surface area contributed by atoms with Crippen molar-refractivity contribution in [2.75, 3.05) is 0 Å². The molecule has 2 atom stereocenters. The predicted molar refractivity (Wildman–Crippen MR) is 189 cm³/mol. The van der Waals surface area contributed by atoms with Crippen molar-refractivity contribution in [2.24, 2.45) is 0 Å². The van der Waals surface area contributed by atoms with E-state index in [1.165, 1.54) is 0 Å². The number of carbonyl (C=O) groups excluding carboxylic acids is 2. The Morgan fingerprint density at radius 2 is 0.596 bits per heavy atom. The average molecular weight is 611 g/mol. The minimum atomic E-state index is -1.69. The Morgan fingerprint density at radius 1 is 0.362 bits per heavy atom. The Labute approximate surface area is 276 Å². The third-order valence-corrected chi connectivity index (χ3v) is 8.19. The Kier molecular flexibility index (Phi) is 9.57. The molecule has 228 valence electrons. The van der Waals surface area contributed by atoms with Crippen LogP contribution >= 0.6 is 0 Å². The summed E-state index contributed by atoms with van der Waals surface area (Å²) < 4.78 is 7.15. The predicted octanol–water partition coefficient (Wildman–Crippen LogP) is 9.46. The van der Waals surface area contributed by atoms with Gasteiger partial charge in [-0.1, -0.05) is 182 Å². The number of rotatable bonds is 12. The molecule has 0 aromatic heterocycles. The molecule has 3 heteroatoms. The first kappa shape index (κ1) is 31.1. The summed E-state index contributed by atoms with van der Waals surface area (Å²) in [4.78, 5) is 27.5. The van der Waals surface area contributed by atoms with Crippen molar-refractivity contribution in [3.05, 3.63) is 228 Å². The van der Waals surface area contributed by atoms with E-state index in [0.29, 0.717) is 11.1 Å². The molecule has 0 spiro atoms. The van der Waals surface area contributed by atoms with Gasteiger partial charge in [-0.05, 0) is 56.7 Å². The quantitative estimate of drug-likeness (QED) is 0.130. The van der Waals surface area contributed by atoms with Crippen molar-refractivity contribution < 1.29 is 14.3 Å². The Hall–Kier alpha value is -5.90. The van der Waals surface area contributed by atoms with Crippen LogP contribution in [0.2, 0.25) is 0 Å². The van der Waals surface area contributed by atoms with Gasteiger partial charge in [0, 0.05) is 0 Å². The third-order valence-electron chi connectivity index (χ3n) is 8.19. The average Bonchev–Trinajstić information content (AvgIpc) is 3.17. The largest absolute Gasteiger partial charge is 0.336 e. The molecular weight excluding hydrogens is 576 g/mol. The van der Waals surface area contributed by atoms with Gasteiger partial charge < -0.3 is 4.74 Å². The van der Waals surface area contributed by atoms with Crippen LogP contribution in [0.5, 0.6) is 0 Å². The van der Waals surface area contributed by atoms with Crippen LogP contribution in [-0.2, 0) is 25.5 Å². The van der Waals surface area contributed by atoms with Gasteiger partial charge in [0.2, 0.25) is 0 Å². The first-order valence-corrected chi connectivity index (χ1v) is 15.6. The van der Waals surface area contributed by atoms with Gasteiger partial charge in [-0.2, -0.15) is 0 Å². The van der Waals surface area contributed by atoms with E-state index < -0.39 is 11.2 Å². The maximum Gasteiger partial charge on any atom is 0.169 e. The molecule has 0 amide bonds.